The number of nitrogens with two attached hydrogens (primary N) is 1. The van der Waals surface area contributed by atoms with Gasteiger partial charge in [0.05, 0.1) is 5.60 Å². The average Bonchev–Trinajstić information content (AvgIpc) is 2.09. The Labute approximate surface area is 77.2 Å². The number of halogens is 1. The van der Waals surface area contributed by atoms with E-state index >= 15 is 0 Å². The van der Waals surface area contributed by atoms with Gasteiger partial charge >= 0.3 is 0 Å². The number of benzene rings is 1. The molecule has 0 aliphatic carbocycles. The van der Waals surface area contributed by atoms with Crippen LogP contribution in [0.5, 0.6) is 0 Å². The predicted octanol–water partition coefficient (Wildman–Crippen LogP) is 1.30. The number of aryl methyl sites for hydroxylation is 1. The molecule has 1 rings (SSSR count). The van der Waals surface area contributed by atoms with Crippen molar-refractivity contribution in [2.45, 2.75) is 19.4 Å². The number of hydrogen-bond donors (Lipinski definition) is 2. The van der Waals surface area contributed by atoms with Crippen molar-refractivity contribution in [1.29, 1.82) is 0 Å². The second kappa shape index (κ2) is 3.44. The van der Waals surface area contributed by atoms with Crippen molar-refractivity contribution in [2.75, 3.05) is 6.54 Å². The van der Waals surface area contributed by atoms with Gasteiger partial charge in [-0.1, -0.05) is 6.07 Å². The van der Waals surface area contributed by atoms with Crippen LogP contribution < -0.4 is 5.73 Å². The van der Waals surface area contributed by atoms with Crippen molar-refractivity contribution < 1.29 is 9.50 Å². The van der Waals surface area contributed by atoms with E-state index in [0.717, 1.165) is 5.56 Å². The molecule has 0 spiro atoms. The van der Waals surface area contributed by atoms with Gasteiger partial charge in [-0.25, -0.2) is 4.39 Å². The third-order valence-corrected chi connectivity index (χ3v) is 2.18. The Balaban J connectivity index is 3.20. The Morgan fingerprint density at radius 2 is 2.15 bits per heavy atom. The van der Waals surface area contributed by atoms with Crippen LogP contribution in [-0.2, 0) is 5.60 Å². The highest BCUT2D eigenvalue weighted by Crippen LogP contribution is 2.23. The third kappa shape index (κ3) is 2.05. The van der Waals surface area contributed by atoms with E-state index in [4.69, 9.17) is 5.73 Å². The van der Waals surface area contributed by atoms with Crippen LogP contribution in [0.1, 0.15) is 18.1 Å². The molecule has 0 fully saturated rings. The molecule has 13 heavy (non-hydrogen) atoms. The zero-order chi connectivity index (χ0) is 10.1. The summed E-state index contributed by atoms with van der Waals surface area (Å²) in [6, 6.07) is 4.32. The first-order valence-electron chi connectivity index (χ1n) is 4.16. The molecule has 0 aliphatic heterocycles. The number of aliphatic hydroxyl groups is 1. The molecular weight excluding hydrogens is 169 g/mol. The molecule has 0 saturated heterocycles. The smallest absolute Gasteiger partial charge is 0.123 e. The maximum atomic E-state index is 12.9. The molecule has 1 aromatic carbocycles. The molecule has 0 amide bonds. The average molecular weight is 183 g/mol. The Morgan fingerprint density at radius 1 is 1.54 bits per heavy atom. The topological polar surface area (TPSA) is 46.2 Å². The Hall–Kier alpha value is -0.930. The van der Waals surface area contributed by atoms with Gasteiger partial charge in [-0.2, -0.15) is 0 Å². The fourth-order valence-corrected chi connectivity index (χ4v) is 1.28. The summed E-state index contributed by atoms with van der Waals surface area (Å²) in [5, 5.41) is 9.81. The van der Waals surface area contributed by atoms with Crippen LogP contribution in [-0.4, -0.2) is 11.7 Å². The summed E-state index contributed by atoms with van der Waals surface area (Å²) in [5.41, 5.74) is 5.63. The largest absolute Gasteiger partial charge is 0.384 e. The van der Waals surface area contributed by atoms with E-state index in [0.29, 0.717) is 5.56 Å². The van der Waals surface area contributed by atoms with Gasteiger partial charge in [0.1, 0.15) is 5.82 Å². The van der Waals surface area contributed by atoms with Crippen molar-refractivity contribution >= 4 is 0 Å². The highest BCUT2D eigenvalue weighted by molar-refractivity contribution is 5.31. The van der Waals surface area contributed by atoms with Gasteiger partial charge in [-0.3, -0.25) is 0 Å². The van der Waals surface area contributed by atoms with E-state index in [1.165, 1.54) is 12.1 Å². The van der Waals surface area contributed by atoms with E-state index in [9.17, 15) is 9.50 Å². The van der Waals surface area contributed by atoms with Gasteiger partial charge in [-0.15, -0.1) is 0 Å². The monoisotopic (exact) mass is 183 g/mol. The summed E-state index contributed by atoms with van der Waals surface area (Å²) in [5.74, 6) is -0.352. The zero-order valence-corrected chi connectivity index (χ0v) is 7.84. The summed E-state index contributed by atoms with van der Waals surface area (Å²) >= 11 is 0. The van der Waals surface area contributed by atoms with E-state index in [2.05, 4.69) is 0 Å². The van der Waals surface area contributed by atoms with Gasteiger partial charge in [0.15, 0.2) is 0 Å². The third-order valence-electron chi connectivity index (χ3n) is 2.18. The summed E-state index contributed by atoms with van der Waals surface area (Å²) in [6.07, 6.45) is 0. The van der Waals surface area contributed by atoms with Crippen LogP contribution in [0.3, 0.4) is 0 Å². The quantitative estimate of drug-likeness (QED) is 0.726. The second-order valence-electron chi connectivity index (χ2n) is 3.44. The lowest BCUT2D eigenvalue weighted by Gasteiger charge is -2.23. The molecular formula is C10H14FNO. The summed E-state index contributed by atoms with van der Waals surface area (Å²) in [6.45, 7) is 3.48. The van der Waals surface area contributed by atoms with Crippen molar-refractivity contribution in [1.82, 2.24) is 0 Å². The van der Waals surface area contributed by atoms with Crippen molar-refractivity contribution in [3.8, 4) is 0 Å². The molecule has 72 valence electrons. The lowest BCUT2D eigenvalue weighted by atomic mass is 9.92. The van der Waals surface area contributed by atoms with Gasteiger partial charge in [0.25, 0.3) is 0 Å². The Bertz CT molecular complexity index is 310. The number of rotatable bonds is 2. The molecule has 1 atom stereocenters. The molecule has 0 aromatic heterocycles. The molecule has 0 aliphatic rings. The SMILES string of the molecule is Cc1ccc(F)cc1C(C)(O)CN. The fraction of sp³-hybridized carbons (Fsp3) is 0.400. The van der Waals surface area contributed by atoms with Crippen molar-refractivity contribution in [3.63, 3.8) is 0 Å². The van der Waals surface area contributed by atoms with Crippen LogP contribution >= 0.6 is 0 Å². The molecule has 0 radical (unpaired) electrons. The van der Waals surface area contributed by atoms with Gasteiger partial charge in [-0.05, 0) is 37.1 Å². The van der Waals surface area contributed by atoms with Crippen LogP contribution in [0.15, 0.2) is 18.2 Å². The first-order valence-corrected chi connectivity index (χ1v) is 4.16. The second-order valence-corrected chi connectivity index (χ2v) is 3.44. The summed E-state index contributed by atoms with van der Waals surface area (Å²) < 4.78 is 12.9. The number of hydrogen-bond acceptors (Lipinski definition) is 2. The van der Waals surface area contributed by atoms with Crippen LogP contribution in [0.25, 0.3) is 0 Å². The highest BCUT2D eigenvalue weighted by Gasteiger charge is 2.23. The maximum absolute atomic E-state index is 12.9. The molecule has 1 unspecified atom stereocenters. The van der Waals surface area contributed by atoms with E-state index < -0.39 is 5.60 Å². The minimum atomic E-state index is -1.15. The molecule has 1 aromatic rings. The first-order chi connectivity index (χ1) is 5.97. The highest BCUT2D eigenvalue weighted by atomic mass is 19.1. The summed E-state index contributed by atoms with van der Waals surface area (Å²) in [4.78, 5) is 0. The minimum absolute atomic E-state index is 0.0806. The molecule has 3 N–H and O–H groups in total. The van der Waals surface area contributed by atoms with Crippen molar-refractivity contribution in [3.05, 3.63) is 35.1 Å². The van der Waals surface area contributed by atoms with Crippen molar-refractivity contribution in [2.24, 2.45) is 5.73 Å². The van der Waals surface area contributed by atoms with Crippen LogP contribution in [0.2, 0.25) is 0 Å². The molecule has 0 saturated carbocycles. The fourth-order valence-electron chi connectivity index (χ4n) is 1.28. The predicted molar refractivity (Wildman–Crippen MR) is 49.8 cm³/mol. The van der Waals surface area contributed by atoms with E-state index in [-0.39, 0.29) is 12.4 Å². The summed E-state index contributed by atoms with van der Waals surface area (Å²) in [7, 11) is 0. The molecule has 0 heterocycles. The Kier molecular flexibility index (Phi) is 2.68. The van der Waals surface area contributed by atoms with E-state index in [1.54, 1.807) is 13.0 Å². The minimum Gasteiger partial charge on any atom is -0.384 e. The Morgan fingerprint density at radius 3 is 2.69 bits per heavy atom. The molecule has 0 bridgehead atoms. The van der Waals surface area contributed by atoms with Crippen LogP contribution in [0.4, 0.5) is 4.39 Å². The maximum Gasteiger partial charge on any atom is 0.123 e. The molecule has 2 nitrogen and oxygen atoms in total. The lowest BCUT2D eigenvalue weighted by molar-refractivity contribution is 0.0658. The standard InChI is InChI=1S/C10H14FNO/c1-7-3-4-8(11)5-9(7)10(2,13)6-12/h3-5,13H,6,12H2,1-2H3. The van der Waals surface area contributed by atoms with E-state index in [1.807, 2.05) is 6.92 Å². The lowest BCUT2D eigenvalue weighted by Crippen LogP contribution is -2.32. The van der Waals surface area contributed by atoms with Gasteiger partial charge < -0.3 is 10.8 Å². The molecule has 3 heteroatoms. The van der Waals surface area contributed by atoms with Crippen LogP contribution in [0, 0.1) is 12.7 Å². The normalized spacial score (nSPS) is 15.5. The zero-order valence-electron chi connectivity index (χ0n) is 7.84. The van der Waals surface area contributed by atoms with Gasteiger partial charge in [0, 0.05) is 6.54 Å². The van der Waals surface area contributed by atoms with Gasteiger partial charge in [0.2, 0.25) is 0 Å². The first kappa shape index (κ1) is 10.2.